The minimum absolute atomic E-state index is 0.431. The lowest BCUT2D eigenvalue weighted by atomic mass is 10.2. The number of aryl methyl sites for hydroxylation is 1. The van der Waals surface area contributed by atoms with Crippen LogP contribution >= 0.6 is 11.3 Å². The number of hydrazone groups is 1. The first-order valence-electron chi connectivity index (χ1n) is 7.22. The number of anilines is 1. The summed E-state index contributed by atoms with van der Waals surface area (Å²) in [5.41, 5.74) is 3.90. The van der Waals surface area contributed by atoms with E-state index in [1.165, 1.54) is 18.3 Å². The Balaban J connectivity index is 2.15. The number of nitrogens with zero attached hydrogens (tertiary/aromatic N) is 2. The lowest BCUT2D eigenvalue weighted by molar-refractivity contribution is -0.121. The first-order valence-corrected chi connectivity index (χ1v) is 9.95. The lowest BCUT2D eigenvalue weighted by Crippen LogP contribution is -2.46. The van der Waals surface area contributed by atoms with Crippen molar-refractivity contribution in [1.82, 2.24) is 5.43 Å². The van der Waals surface area contributed by atoms with E-state index in [1.54, 1.807) is 36.5 Å². The van der Waals surface area contributed by atoms with Gasteiger partial charge in [0.15, 0.2) is 0 Å². The number of rotatable bonds is 6. The molecule has 1 heterocycles. The fourth-order valence-electron chi connectivity index (χ4n) is 2.15. The van der Waals surface area contributed by atoms with Crippen molar-refractivity contribution in [1.29, 1.82) is 0 Å². The van der Waals surface area contributed by atoms with Gasteiger partial charge in [0.2, 0.25) is 10.0 Å². The SMILES string of the molecule is Cc1ccsc1/C=N\NC(=O)[C@H](C)N(c1ccccc1)S(C)(=O)=O. The minimum Gasteiger partial charge on any atom is -0.271 e. The van der Waals surface area contributed by atoms with Crippen molar-refractivity contribution < 1.29 is 13.2 Å². The van der Waals surface area contributed by atoms with Crippen LogP contribution in [0.2, 0.25) is 0 Å². The van der Waals surface area contributed by atoms with Gasteiger partial charge in [0.25, 0.3) is 5.91 Å². The highest BCUT2D eigenvalue weighted by molar-refractivity contribution is 7.92. The summed E-state index contributed by atoms with van der Waals surface area (Å²) >= 11 is 1.51. The monoisotopic (exact) mass is 365 g/mol. The van der Waals surface area contributed by atoms with E-state index in [0.29, 0.717) is 5.69 Å². The highest BCUT2D eigenvalue weighted by Crippen LogP contribution is 2.20. The second kappa shape index (κ2) is 7.59. The van der Waals surface area contributed by atoms with Gasteiger partial charge in [-0.1, -0.05) is 18.2 Å². The average molecular weight is 365 g/mol. The van der Waals surface area contributed by atoms with E-state index in [4.69, 9.17) is 0 Å². The zero-order chi connectivity index (χ0) is 17.7. The molecule has 1 aromatic heterocycles. The third kappa shape index (κ3) is 4.42. The third-order valence-corrected chi connectivity index (χ3v) is 5.55. The summed E-state index contributed by atoms with van der Waals surface area (Å²) in [4.78, 5) is 13.2. The Hall–Kier alpha value is -2.19. The number of para-hydroxylation sites is 1. The molecule has 2 aromatic rings. The van der Waals surface area contributed by atoms with Gasteiger partial charge in [-0.25, -0.2) is 13.8 Å². The number of carbonyl (C=O) groups excluding carboxylic acids is 1. The third-order valence-electron chi connectivity index (χ3n) is 3.36. The first kappa shape index (κ1) is 18.2. The molecule has 0 unspecified atom stereocenters. The van der Waals surface area contributed by atoms with Crippen LogP contribution in [0.1, 0.15) is 17.4 Å². The number of thiophene rings is 1. The second-order valence-electron chi connectivity index (χ2n) is 5.27. The van der Waals surface area contributed by atoms with Crippen molar-refractivity contribution in [3.8, 4) is 0 Å². The van der Waals surface area contributed by atoms with Crippen LogP contribution < -0.4 is 9.73 Å². The second-order valence-corrected chi connectivity index (χ2v) is 8.08. The van der Waals surface area contributed by atoms with E-state index in [2.05, 4.69) is 10.5 Å². The molecule has 1 aromatic carbocycles. The smallest absolute Gasteiger partial charge is 0.263 e. The van der Waals surface area contributed by atoms with Crippen LogP contribution in [-0.2, 0) is 14.8 Å². The van der Waals surface area contributed by atoms with Crippen LogP contribution in [0.15, 0.2) is 46.9 Å². The number of amides is 1. The van der Waals surface area contributed by atoms with E-state index in [-0.39, 0.29) is 0 Å². The Morgan fingerprint density at radius 3 is 2.50 bits per heavy atom. The van der Waals surface area contributed by atoms with Crippen molar-refractivity contribution in [2.24, 2.45) is 5.10 Å². The fraction of sp³-hybridized carbons (Fsp3) is 0.250. The van der Waals surface area contributed by atoms with Gasteiger partial charge in [0, 0.05) is 4.88 Å². The van der Waals surface area contributed by atoms with Crippen LogP contribution in [-0.4, -0.2) is 32.8 Å². The molecule has 0 radical (unpaired) electrons. The summed E-state index contributed by atoms with van der Waals surface area (Å²) in [6, 6.07) is 9.53. The van der Waals surface area contributed by atoms with E-state index in [1.807, 2.05) is 18.4 Å². The zero-order valence-electron chi connectivity index (χ0n) is 13.6. The predicted molar refractivity (Wildman–Crippen MR) is 98.0 cm³/mol. The standard InChI is InChI=1S/C16H19N3O3S2/c1-12-9-10-23-15(12)11-17-18-16(20)13(2)19(24(3,21)22)14-7-5-4-6-8-14/h4-11,13H,1-3H3,(H,18,20)/b17-11-/t13-/m0/s1. The van der Waals surface area contributed by atoms with Crippen molar-refractivity contribution in [3.05, 3.63) is 52.2 Å². The highest BCUT2D eigenvalue weighted by Gasteiger charge is 2.28. The summed E-state index contributed by atoms with van der Waals surface area (Å²) in [6.07, 6.45) is 2.62. The number of benzene rings is 1. The number of carbonyl (C=O) groups is 1. The van der Waals surface area contributed by atoms with Gasteiger partial charge in [-0.15, -0.1) is 11.3 Å². The summed E-state index contributed by atoms with van der Waals surface area (Å²) in [5, 5.41) is 5.85. The Kier molecular flexibility index (Phi) is 5.74. The van der Waals surface area contributed by atoms with Crippen molar-refractivity contribution in [2.45, 2.75) is 19.9 Å². The molecule has 1 N–H and O–H groups in total. The Labute approximate surface area is 145 Å². The van der Waals surface area contributed by atoms with Gasteiger partial charge in [-0.2, -0.15) is 5.10 Å². The summed E-state index contributed by atoms with van der Waals surface area (Å²) < 4.78 is 25.3. The quantitative estimate of drug-likeness (QED) is 0.630. The van der Waals surface area contributed by atoms with E-state index in [9.17, 15) is 13.2 Å². The molecule has 0 aliphatic carbocycles. The van der Waals surface area contributed by atoms with E-state index >= 15 is 0 Å². The molecular formula is C16H19N3O3S2. The topological polar surface area (TPSA) is 78.8 Å². The molecule has 6 nitrogen and oxygen atoms in total. The number of nitrogens with one attached hydrogen (secondary N) is 1. The molecule has 2 rings (SSSR count). The molecule has 0 saturated carbocycles. The van der Waals surface area contributed by atoms with Gasteiger partial charge < -0.3 is 0 Å². The molecule has 1 atom stereocenters. The van der Waals surface area contributed by atoms with Crippen molar-refractivity contribution in [3.63, 3.8) is 0 Å². The lowest BCUT2D eigenvalue weighted by Gasteiger charge is -2.27. The van der Waals surface area contributed by atoms with Crippen LogP contribution in [0.25, 0.3) is 0 Å². The summed E-state index contributed by atoms with van der Waals surface area (Å²) in [6.45, 7) is 3.47. The molecule has 24 heavy (non-hydrogen) atoms. The van der Waals surface area contributed by atoms with Gasteiger partial charge in [-0.3, -0.25) is 9.10 Å². The Bertz CT molecular complexity index is 829. The predicted octanol–water partition coefficient (Wildman–Crippen LogP) is 2.36. The normalized spacial score (nSPS) is 13.0. The molecule has 8 heteroatoms. The number of hydrogen-bond acceptors (Lipinski definition) is 5. The molecule has 0 fully saturated rings. The van der Waals surface area contributed by atoms with E-state index < -0.39 is 22.0 Å². The molecule has 0 saturated heterocycles. The minimum atomic E-state index is -3.61. The van der Waals surface area contributed by atoms with Gasteiger partial charge in [-0.05, 0) is 43.0 Å². The molecule has 0 aliphatic rings. The molecular weight excluding hydrogens is 346 g/mol. The van der Waals surface area contributed by atoms with Gasteiger partial charge in [0.05, 0.1) is 18.2 Å². The average Bonchev–Trinajstić information content (AvgIpc) is 2.92. The number of sulfonamides is 1. The maximum absolute atomic E-state index is 12.3. The van der Waals surface area contributed by atoms with Crippen LogP contribution in [0.4, 0.5) is 5.69 Å². The Morgan fingerprint density at radius 2 is 1.96 bits per heavy atom. The summed E-state index contributed by atoms with van der Waals surface area (Å²) in [7, 11) is -3.61. The maximum Gasteiger partial charge on any atom is 0.263 e. The van der Waals surface area contributed by atoms with Crippen LogP contribution in [0, 0.1) is 6.92 Å². The van der Waals surface area contributed by atoms with Crippen molar-refractivity contribution >= 4 is 39.2 Å². The molecule has 1 amide bonds. The fourth-order valence-corrected chi connectivity index (χ4v) is 4.11. The maximum atomic E-state index is 12.3. The van der Waals surface area contributed by atoms with Gasteiger partial charge >= 0.3 is 0 Å². The highest BCUT2D eigenvalue weighted by atomic mass is 32.2. The van der Waals surface area contributed by atoms with Gasteiger partial charge in [0.1, 0.15) is 6.04 Å². The van der Waals surface area contributed by atoms with Crippen LogP contribution in [0.5, 0.6) is 0 Å². The van der Waals surface area contributed by atoms with E-state index in [0.717, 1.165) is 21.0 Å². The van der Waals surface area contributed by atoms with Crippen LogP contribution in [0.3, 0.4) is 0 Å². The molecule has 0 spiro atoms. The molecule has 128 valence electrons. The largest absolute Gasteiger partial charge is 0.271 e. The first-order chi connectivity index (χ1) is 11.3. The summed E-state index contributed by atoms with van der Waals surface area (Å²) in [5.74, 6) is -0.505. The number of hydrogen-bond donors (Lipinski definition) is 1. The zero-order valence-corrected chi connectivity index (χ0v) is 15.3. The molecule has 0 bridgehead atoms. The molecule has 0 aliphatic heterocycles. The van der Waals surface area contributed by atoms with Crippen molar-refractivity contribution in [2.75, 3.05) is 10.6 Å². The Morgan fingerprint density at radius 1 is 1.29 bits per heavy atom.